The SMILES string of the molecule is CC(=O)NC(CC(=O)NCC(C)N1CCc2ccccc2C1)c1ccc(C)cc1. The normalized spacial score (nSPS) is 15.8. The molecule has 0 saturated heterocycles. The summed E-state index contributed by atoms with van der Waals surface area (Å²) >= 11 is 0. The van der Waals surface area contributed by atoms with Crippen molar-refractivity contribution >= 4 is 11.8 Å². The number of nitrogens with zero attached hydrogens (tertiary/aromatic N) is 1. The van der Waals surface area contributed by atoms with Crippen molar-refractivity contribution < 1.29 is 9.59 Å². The average Bonchev–Trinajstić information content (AvgIpc) is 2.71. The van der Waals surface area contributed by atoms with Crippen LogP contribution in [0.3, 0.4) is 0 Å². The van der Waals surface area contributed by atoms with Gasteiger partial charge in [-0.3, -0.25) is 14.5 Å². The largest absolute Gasteiger partial charge is 0.354 e. The summed E-state index contributed by atoms with van der Waals surface area (Å²) in [6, 6.07) is 16.4. The van der Waals surface area contributed by atoms with Gasteiger partial charge in [0.25, 0.3) is 0 Å². The van der Waals surface area contributed by atoms with E-state index >= 15 is 0 Å². The van der Waals surface area contributed by atoms with E-state index in [1.54, 1.807) is 0 Å². The van der Waals surface area contributed by atoms with Crippen molar-refractivity contribution in [1.82, 2.24) is 15.5 Å². The van der Waals surface area contributed by atoms with E-state index < -0.39 is 0 Å². The quantitative estimate of drug-likeness (QED) is 0.760. The van der Waals surface area contributed by atoms with Crippen molar-refractivity contribution in [2.45, 2.75) is 52.2 Å². The molecule has 2 unspecified atom stereocenters. The van der Waals surface area contributed by atoms with Gasteiger partial charge in [0, 0.05) is 32.6 Å². The van der Waals surface area contributed by atoms with Crippen molar-refractivity contribution in [2.75, 3.05) is 13.1 Å². The minimum absolute atomic E-state index is 0.0476. The Morgan fingerprint density at radius 1 is 1.07 bits per heavy atom. The van der Waals surface area contributed by atoms with Crippen LogP contribution in [0.25, 0.3) is 0 Å². The second-order valence-corrected chi connectivity index (χ2v) is 8.01. The van der Waals surface area contributed by atoms with Crippen molar-refractivity contribution in [3.8, 4) is 0 Å². The number of carbonyl (C=O) groups is 2. The van der Waals surface area contributed by atoms with E-state index in [2.05, 4.69) is 46.7 Å². The molecule has 0 bridgehead atoms. The first-order valence-electron chi connectivity index (χ1n) is 10.3. The molecule has 3 rings (SSSR count). The fourth-order valence-electron chi connectivity index (χ4n) is 3.84. The molecule has 1 aliphatic rings. The molecule has 0 saturated carbocycles. The first-order chi connectivity index (χ1) is 13.9. The Morgan fingerprint density at radius 3 is 2.45 bits per heavy atom. The molecule has 29 heavy (non-hydrogen) atoms. The number of hydrogen-bond donors (Lipinski definition) is 2. The monoisotopic (exact) mass is 393 g/mol. The van der Waals surface area contributed by atoms with Crippen LogP contribution in [0.5, 0.6) is 0 Å². The van der Waals surface area contributed by atoms with Crippen molar-refractivity contribution in [3.63, 3.8) is 0 Å². The lowest BCUT2D eigenvalue weighted by molar-refractivity contribution is -0.123. The van der Waals surface area contributed by atoms with Gasteiger partial charge in [0.1, 0.15) is 0 Å². The summed E-state index contributed by atoms with van der Waals surface area (Å²) in [6.45, 7) is 8.18. The third kappa shape index (κ3) is 5.91. The van der Waals surface area contributed by atoms with Gasteiger partial charge in [-0.1, -0.05) is 54.1 Å². The fraction of sp³-hybridized carbons (Fsp3) is 0.417. The first-order valence-corrected chi connectivity index (χ1v) is 10.3. The number of nitrogens with one attached hydrogen (secondary N) is 2. The molecular formula is C24H31N3O2. The Bertz CT molecular complexity index is 847. The van der Waals surface area contributed by atoms with E-state index in [1.807, 2.05) is 31.2 Å². The second-order valence-electron chi connectivity index (χ2n) is 8.01. The van der Waals surface area contributed by atoms with Gasteiger partial charge < -0.3 is 10.6 Å². The molecule has 0 spiro atoms. The number of carbonyl (C=O) groups excluding carboxylic acids is 2. The minimum Gasteiger partial charge on any atom is -0.354 e. The summed E-state index contributed by atoms with van der Waals surface area (Å²) in [5.41, 5.74) is 4.90. The topological polar surface area (TPSA) is 61.4 Å². The van der Waals surface area contributed by atoms with Crippen LogP contribution in [0.1, 0.15) is 48.6 Å². The first kappa shape index (κ1) is 21.1. The molecule has 2 amide bonds. The molecule has 2 atom stereocenters. The standard InChI is InChI=1S/C24H31N3O2/c1-17-8-10-21(11-9-17)23(26-19(3)28)14-24(29)25-15-18(2)27-13-12-20-6-4-5-7-22(20)16-27/h4-11,18,23H,12-16H2,1-3H3,(H,25,29)(H,26,28). The van der Waals surface area contributed by atoms with Crippen molar-refractivity contribution in [2.24, 2.45) is 0 Å². The zero-order chi connectivity index (χ0) is 20.8. The molecule has 0 aliphatic carbocycles. The highest BCUT2D eigenvalue weighted by Gasteiger charge is 2.22. The van der Waals surface area contributed by atoms with Crippen LogP contribution in [0.15, 0.2) is 48.5 Å². The number of fused-ring (bicyclic) bond motifs is 1. The third-order valence-corrected chi connectivity index (χ3v) is 5.62. The Balaban J connectivity index is 1.53. The maximum atomic E-state index is 12.6. The lowest BCUT2D eigenvalue weighted by atomic mass is 9.99. The predicted molar refractivity (Wildman–Crippen MR) is 115 cm³/mol. The number of rotatable bonds is 7. The molecule has 0 aromatic heterocycles. The minimum atomic E-state index is -0.315. The lowest BCUT2D eigenvalue weighted by Gasteiger charge is -2.33. The van der Waals surface area contributed by atoms with Crippen molar-refractivity contribution in [3.05, 3.63) is 70.8 Å². The summed E-state index contributed by atoms with van der Waals surface area (Å²) in [5.74, 6) is -0.183. The molecule has 1 heterocycles. The van der Waals surface area contributed by atoms with Crippen LogP contribution in [-0.4, -0.2) is 35.8 Å². The molecular weight excluding hydrogens is 362 g/mol. The predicted octanol–water partition coefficient (Wildman–Crippen LogP) is 3.13. The maximum Gasteiger partial charge on any atom is 0.222 e. The highest BCUT2D eigenvalue weighted by Crippen LogP contribution is 2.20. The molecule has 2 aromatic rings. The highest BCUT2D eigenvalue weighted by atomic mass is 16.2. The molecule has 5 heteroatoms. The molecule has 1 aliphatic heterocycles. The van der Waals surface area contributed by atoms with Gasteiger partial charge in [-0.25, -0.2) is 0 Å². The summed E-state index contributed by atoms with van der Waals surface area (Å²) in [4.78, 5) is 26.6. The van der Waals surface area contributed by atoms with E-state index in [4.69, 9.17) is 0 Å². The summed E-state index contributed by atoms with van der Waals surface area (Å²) in [5, 5.41) is 5.96. The van der Waals surface area contributed by atoms with E-state index in [0.29, 0.717) is 6.54 Å². The van der Waals surface area contributed by atoms with Gasteiger partial charge in [0.15, 0.2) is 0 Å². The van der Waals surface area contributed by atoms with E-state index in [1.165, 1.54) is 18.1 Å². The molecule has 154 valence electrons. The van der Waals surface area contributed by atoms with E-state index in [9.17, 15) is 9.59 Å². The number of amides is 2. The molecule has 2 N–H and O–H groups in total. The average molecular weight is 394 g/mol. The van der Waals surface area contributed by atoms with Gasteiger partial charge in [-0.05, 0) is 37.0 Å². The Kier molecular flexibility index (Phi) is 7.04. The van der Waals surface area contributed by atoms with Crippen LogP contribution in [0.2, 0.25) is 0 Å². The molecule has 0 radical (unpaired) electrons. The van der Waals surface area contributed by atoms with E-state index in [-0.39, 0.29) is 30.3 Å². The Hall–Kier alpha value is -2.66. The molecule has 0 fully saturated rings. The summed E-state index contributed by atoms with van der Waals surface area (Å²) in [6.07, 6.45) is 1.28. The van der Waals surface area contributed by atoms with Gasteiger partial charge in [-0.2, -0.15) is 0 Å². The van der Waals surface area contributed by atoms with Crippen LogP contribution >= 0.6 is 0 Å². The zero-order valence-corrected chi connectivity index (χ0v) is 17.6. The fourth-order valence-corrected chi connectivity index (χ4v) is 3.84. The second kappa shape index (κ2) is 9.70. The number of hydrogen-bond acceptors (Lipinski definition) is 3. The number of aryl methyl sites for hydroxylation is 1. The third-order valence-electron chi connectivity index (χ3n) is 5.62. The van der Waals surface area contributed by atoms with E-state index in [0.717, 1.165) is 30.6 Å². The van der Waals surface area contributed by atoms with Gasteiger partial charge >= 0.3 is 0 Å². The van der Waals surface area contributed by atoms with Gasteiger partial charge in [0.2, 0.25) is 11.8 Å². The van der Waals surface area contributed by atoms with Gasteiger partial charge in [-0.15, -0.1) is 0 Å². The summed E-state index contributed by atoms with van der Waals surface area (Å²) in [7, 11) is 0. The molecule has 2 aromatic carbocycles. The smallest absolute Gasteiger partial charge is 0.222 e. The summed E-state index contributed by atoms with van der Waals surface area (Å²) < 4.78 is 0. The molecule has 5 nitrogen and oxygen atoms in total. The lowest BCUT2D eigenvalue weighted by Crippen LogP contribution is -2.44. The highest BCUT2D eigenvalue weighted by molar-refractivity contribution is 5.79. The van der Waals surface area contributed by atoms with Crippen LogP contribution in [0.4, 0.5) is 0 Å². The van der Waals surface area contributed by atoms with Crippen LogP contribution in [-0.2, 0) is 22.6 Å². The Labute approximate surface area is 173 Å². The number of benzene rings is 2. The van der Waals surface area contributed by atoms with Crippen LogP contribution < -0.4 is 10.6 Å². The van der Waals surface area contributed by atoms with Crippen LogP contribution in [0, 0.1) is 6.92 Å². The Morgan fingerprint density at radius 2 is 1.76 bits per heavy atom. The maximum absolute atomic E-state index is 12.6. The van der Waals surface area contributed by atoms with Gasteiger partial charge in [0.05, 0.1) is 12.5 Å². The zero-order valence-electron chi connectivity index (χ0n) is 17.6. The van der Waals surface area contributed by atoms with Crippen molar-refractivity contribution in [1.29, 1.82) is 0 Å².